The van der Waals surface area contributed by atoms with Gasteiger partial charge in [0.25, 0.3) is 0 Å². The first-order valence-corrected chi connectivity index (χ1v) is 7.23. The molecule has 0 aliphatic carbocycles. The molecular formula is C16H13Cl2NO2. The number of rotatable bonds is 3. The number of benzene rings is 2. The molecule has 1 atom stereocenters. The second-order valence-corrected chi connectivity index (χ2v) is 5.48. The lowest BCUT2D eigenvalue weighted by Gasteiger charge is -2.06. The van der Waals surface area contributed by atoms with Crippen molar-refractivity contribution in [3.8, 4) is 5.75 Å². The predicted molar refractivity (Wildman–Crippen MR) is 84.7 cm³/mol. The zero-order chi connectivity index (χ0) is 14.8. The molecule has 0 saturated carbocycles. The zero-order valence-corrected chi connectivity index (χ0v) is 12.9. The summed E-state index contributed by atoms with van der Waals surface area (Å²) in [6.07, 6.45) is 0. The van der Waals surface area contributed by atoms with Gasteiger partial charge in [0, 0.05) is 5.56 Å². The van der Waals surface area contributed by atoms with Gasteiger partial charge in [-0.3, -0.25) is 0 Å². The first kappa shape index (κ1) is 14.2. The van der Waals surface area contributed by atoms with E-state index in [1.54, 1.807) is 19.2 Å². The van der Waals surface area contributed by atoms with Crippen LogP contribution in [-0.2, 0) is 4.74 Å². The van der Waals surface area contributed by atoms with Gasteiger partial charge in [0.2, 0.25) is 5.90 Å². The first-order chi connectivity index (χ1) is 10.2. The van der Waals surface area contributed by atoms with Gasteiger partial charge in [-0.05, 0) is 35.9 Å². The lowest BCUT2D eigenvalue weighted by atomic mass is 10.1. The summed E-state index contributed by atoms with van der Waals surface area (Å²) < 4.78 is 10.8. The van der Waals surface area contributed by atoms with E-state index < -0.39 is 0 Å². The molecule has 108 valence electrons. The number of methoxy groups -OCH3 is 1. The van der Waals surface area contributed by atoms with Crippen LogP contribution in [0.2, 0.25) is 10.0 Å². The Hall–Kier alpha value is -1.71. The van der Waals surface area contributed by atoms with Crippen LogP contribution in [0.25, 0.3) is 0 Å². The lowest BCUT2D eigenvalue weighted by Crippen LogP contribution is -2.01. The van der Waals surface area contributed by atoms with E-state index in [-0.39, 0.29) is 6.04 Å². The standard InChI is InChI=1S/C16H13Cl2NO2/c1-20-12-5-2-10(3-6-12)15-9-21-16(19-15)11-4-7-13(17)14(18)8-11/h2-8,15H,9H2,1H3. The van der Waals surface area contributed by atoms with Gasteiger partial charge in [0.05, 0.1) is 17.2 Å². The maximum atomic E-state index is 6.02. The number of hydrogen-bond acceptors (Lipinski definition) is 3. The molecule has 2 aromatic rings. The normalized spacial score (nSPS) is 17.3. The van der Waals surface area contributed by atoms with Gasteiger partial charge < -0.3 is 9.47 Å². The highest BCUT2D eigenvalue weighted by molar-refractivity contribution is 6.42. The molecule has 3 nitrogen and oxygen atoms in total. The van der Waals surface area contributed by atoms with Gasteiger partial charge in [0.1, 0.15) is 18.4 Å². The van der Waals surface area contributed by atoms with E-state index in [9.17, 15) is 0 Å². The highest BCUT2D eigenvalue weighted by atomic mass is 35.5. The zero-order valence-electron chi connectivity index (χ0n) is 11.3. The third kappa shape index (κ3) is 2.99. The Morgan fingerprint density at radius 3 is 2.52 bits per heavy atom. The largest absolute Gasteiger partial charge is 0.497 e. The number of halogens is 2. The Bertz CT molecular complexity index is 683. The molecule has 0 spiro atoms. The Morgan fingerprint density at radius 2 is 1.86 bits per heavy atom. The van der Waals surface area contributed by atoms with Crippen molar-refractivity contribution in [2.45, 2.75) is 6.04 Å². The van der Waals surface area contributed by atoms with E-state index in [1.165, 1.54) is 0 Å². The van der Waals surface area contributed by atoms with Gasteiger partial charge in [-0.1, -0.05) is 35.3 Å². The van der Waals surface area contributed by atoms with Crippen LogP contribution in [0.5, 0.6) is 5.75 Å². The summed E-state index contributed by atoms with van der Waals surface area (Å²) in [5, 5.41) is 1.01. The summed E-state index contributed by atoms with van der Waals surface area (Å²) >= 11 is 11.9. The molecule has 0 aromatic heterocycles. The number of hydrogen-bond donors (Lipinski definition) is 0. The van der Waals surface area contributed by atoms with Gasteiger partial charge >= 0.3 is 0 Å². The Kier molecular flexibility index (Phi) is 4.04. The second-order valence-electron chi connectivity index (χ2n) is 4.66. The Balaban J connectivity index is 1.84. The van der Waals surface area contributed by atoms with Crippen LogP contribution in [-0.4, -0.2) is 19.6 Å². The van der Waals surface area contributed by atoms with Gasteiger partial charge in [-0.15, -0.1) is 0 Å². The molecule has 0 amide bonds. The minimum Gasteiger partial charge on any atom is -0.497 e. The van der Waals surface area contributed by atoms with E-state index >= 15 is 0 Å². The van der Waals surface area contributed by atoms with Crippen molar-refractivity contribution in [1.29, 1.82) is 0 Å². The molecular weight excluding hydrogens is 309 g/mol. The van der Waals surface area contributed by atoms with Gasteiger partial charge in [-0.2, -0.15) is 0 Å². The van der Waals surface area contributed by atoms with Crippen LogP contribution in [0.3, 0.4) is 0 Å². The maximum Gasteiger partial charge on any atom is 0.216 e. The lowest BCUT2D eigenvalue weighted by molar-refractivity contribution is 0.319. The van der Waals surface area contributed by atoms with Crippen molar-refractivity contribution in [2.24, 2.45) is 4.99 Å². The summed E-state index contributed by atoms with van der Waals surface area (Å²) in [7, 11) is 1.65. The topological polar surface area (TPSA) is 30.8 Å². The van der Waals surface area contributed by atoms with E-state index in [1.807, 2.05) is 30.3 Å². The monoisotopic (exact) mass is 321 g/mol. The molecule has 21 heavy (non-hydrogen) atoms. The van der Waals surface area contributed by atoms with Gasteiger partial charge in [-0.25, -0.2) is 4.99 Å². The molecule has 1 aliphatic rings. The molecule has 2 aromatic carbocycles. The van der Waals surface area contributed by atoms with Crippen molar-refractivity contribution in [3.05, 3.63) is 63.6 Å². The fraction of sp³-hybridized carbons (Fsp3) is 0.188. The summed E-state index contributed by atoms with van der Waals surface area (Å²) in [6, 6.07) is 13.2. The van der Waals surface area contributed by atoms with Crippen molar-refractivity contribution in [3.63, 3.8) is 0 Å². The fourth-order valence-electron chi connectivity index (χ4n) is 2.16. The van der Waals surface area contributed by atoms with E-state index in [0.29, 0.717) is 22.5 Å². The average molecular weight is 322 g/mol. The van der Waals surface area contributed by atoms with Crippen molar-refractivity contribution < 1.29 is 9.47 Å². The molecule has 0 N–H and O–H groups in total. The van der Waals surface area contributed by atoms with Crippen LogP contribution < -0.4 is 4.74 Å². The SMILES string of the molecule is COc1ccc(C2COC(c3ccc(Cl)c(Cl)c3)=N2)cc1. The predicted octanol–water partition coefficient (Wildman–Crippen LogP) is 4.52. The summed E-state index contributed by atoms with van der Waals surface area (Å²) in [6.45, 7) is 0.516. The Labute approximate surface area is 133 Å². The number of nitrogens with zero attached hydrogens (tertiary/aromatic N) is 1. The minimum absolute atomic E-state index is 0.0136. The maximum absolute atomic E-state index is 6.02. The number of ether oxygens (including phenoxy) is 2. The van der Waals surface area contributed by atoms with E-state index in [2.05, 4.69) is 4.99 Å². The number of aliphatic imine (C=N–C) groups is 1. The Morgan fingerprint density at radius 1 is 1.10 bits per heavy atom. The fourth-order valence-corrected chi connectivity index (χ4v) is 2.46. The molecule has 0 radical (unpaired) electrons. The van der Waals surface area contributed by atoms with Crippen LogP contribution in [0.15, 0.2) is 47.5 Å². The molecule has 1 unspecified atom stereocenters. The van der Waals surface area contributed by atoms with Crippen LogP contribution in [0.1, 0.15) is 17.2 Å². The van der Waals surface area contributed by atoms with E-state index in [4.69, 9.17) is 32.7 Å². The third-order valence-corrected chi connectivity index (χ3v) is 4.06. The quantitative estimate of drug-likeness (QED) is 0.832. The van der Waals surface area contributed by atoms with Crippen molar-refractivity contribution >= 4 is 29.1 Å². The molecule has 0 fully saturated rings. The molecule has 0 saturated heterocycles. The summed E-state index contributed by atoms with van der Waals surface area (Å²) in [4.78, 5) is 4.61. The highest BCUT2D eigenvalue weighted by Crippen LogP contribution is 2.29. The molecule has 1 aliphatic heterocycles. The van der Waals surface area contributed by atoms with Crippen molar-refractivity contribution in [1.82, 2.24) is 0 Å². The molecule has 0 bridgehead atoms. The average Bonchev–Trinajstić information content (AvgIpc) is 3.00. The van der Waals surface area contributed by atoms with Crippen LogP contribution >= 0.6 is 23.2 Å². The van der Waals surface area contributed by atoms with Crippen LogP contribution in [0.4, 0.5) is 0 Å². The molecule has 1 heterocycles. The molecule has 5 heteroatoms. The molecule has 3 rings (SSSR count). The second kappa shape index (κ2) is 5.96. The highest BCUT2D eigenvalue weighted by Gasteiger charge is 2.22. The van der Waals surface area contributed by atoms with Crippen LogP contribution in [0, 0.1) is 0 Å². The minimum atomic E-state index is -0.0136. The third-order valence-electron chi connectivity index (χ3n) is 3.32. The van der Waals surface area contributed by atoms with Crippen molar-refractivity contribution in [2.75, 3.05) is 13.7 Å². The first-order valence-electron chi connectivity index (χ1n) is 6.47. The summed E-state index contributed by atoms with van der Waals surface area (Å²) in [5.74, 6) is 1.42. The van der Waals surface area contributed by atoms with Gasteiger partial charge in [0.15, 0.2) is 0 Å². The summed E-state index contributed by atoms with van der Waals surface area (Å²) in [5.41, 5.74) is 1.92. The smallest absolute Gasteiger partial charge is 0.216 e. The van der Waals surface area contributed by atoms with E-state index in [0.717, 1.165) is 16.9 Å².